The molecule has 0 aliphatic carbocycles. The topological polar surface area (TPSA) is 62.5 Å². The van der Waals surface area contributed by atoms with Crippen molar-refractivity contribution >= 4 is 142 Å². The molecular weight excluding hydrogens is 797 g/mol. The van der Waals surface area contributed by atoms with Gasteiger partial charge in [0.15, 0.2) is 8.53 Å². The van der Waals surface area contributed by atoms with Crippen molar-refractivity contribution in [3.05, 3.63) is 102 Å². The third kappa shape index (κ3) is 5.68. The Morgan fingerprint density at radius 3 is 1.31 bits per heavy atom. The van der Waals surface area contributed by atoms with Gasteiger partial charge in [0.2, 0.25) is 0 Å². The zero-order valence-electron chi connectivity index (χ0n) is 25.8. The van der Waals surface area contributed by atoms with Crippen LogP contribution in [0.2, 0.25) is 0 Å². The Bertz CT molecular complexity index is 2140. The van der Waals surface area contributed by atoms with E-state index in [0.717, 1.165) is 74.2 Å². The molecule has 248 valence electrons. The monoisotopic (exact) mass is 822 g/mol. The molecule has 0 saturated carbocycles. The molecule has 2 atom stereocenters. The smallest absolute Gasteiger partial charge is 0.267 e. The van der Waals surface area contributed by atoms with E-state index in [1.54, 1.807) is 61.3 Å². The minimum absolute atomic E-state index is 0.113. The van der Waals surface area contributed by atoms with Crippen molar-refractivity contribution in [3.8, 4) is 0 Å². The van der Waals surface area contributed by atoms with E-state index in [9.17, 15) is 9.59 Å². The van der Waals surface area contributed by atoms with Crippen LogP contribution in [0.15, 0.2) is 80.0 Å². The molecule has 0 N–H and O–H groups in total. The van der Waals surface area contributed by atoms with Crippen molar-refractivity contribution < 1.29 is 9.47 Å². The van der Waals surface area contributed by atoms with E-state index >= 15 is 0 Å². The number of benzene rings is 2. The average Bonchev–Trinajstić information content (AvgIpc) is 3.86. The predicted octanol–water partition coefficient (Wildman–Crippen LogP) is 10.2. The zero-order chi connectivity index (χ0) is 33.8. The van der Waals surface area contributed by atoms with E-state index in [1.807, 2.05) is 36.4 Å². The lowest BCUT2D eigenvalue weighted by Crippen LogP contribution is -2.26. The summed E-state index contributed by atoms with van der Waals surface area (Å²) in [4.78, 5) is 26.8. The Morgan fingerprint density at radius 1 is 0.604 bits per heavy atom. The fourth-order valence-corrected chi connectivity index (χ4v) is 17.9. The van der Waals surface area contributed by atoms with Crippen LogP contribution in [0.1, 0.15) is 36.4 Å². The molecule has 6 nitrogen and oxygen atoms in total. The second-order valence-electron chi connectivity index (χ2n) is 10.3. The second-order valence-corrected chi connectivity index (χ2v) is 21.2. The fourth-order valence-electron chi connectivity index (χ4n) is 5.74. The van der Waals surface area contributed by atoms with Crippen LogP contribution in [0.25, 0.3) is 20.4 Å². The lowest BCUT2D eigenvalue weighted by Gasteiger charge is -2.35. The van der Waals surface area contributed by atoms with Crippen LogP contribution >= 0.6 is 113 Å². The number of methoxy groups -OCH3 is 2. The number of rotatable bonds is 6. The maximum atomic E-state index is 12.3. The number of hydrogen-bond donors (Lipinski definition) is 0. The van der Waals surface area contributed by atoms with Crippen LogP contribution in [0.5, 0.6) is 0 Å². The highest BCUT2D eigenvalue weighted by Gasteiger charge is 2.45. The molecule has 16 heteroatoms. The minimum atomic E-state index is -0.615. The number of thioether (sulfide) groups is 4. The van der Waals surface area contributed by atoms with Gasteiger partial charge in [-0.1, -0.05) is 153 Å². The molecular formula is C32H26N2O4S10. The molecule has 48 heavy (non-hydrogen) atoms. The summed E-state index contributed by atoms with van der Waals surface area (Å²) >= 11 is 17.9. The van der Waals surface area contributed by atoms with Crippen molar-refractivity contribution in [2.75, 3.05) is 14.2 Å². The van der Waals surface area contributed by atoms with Crippen LogP contribution < -0.4 is 9.48 Å². The molecule has 0 unspecified atom stereocenters. The van der Waals surface area contributed by atoms with Gasteiger partial charge in [-0.05, 0) is 34.5 Å². The molecule has 2 aliphatic rings. The van der Waals surface area contributed by atoms with E-state index in [1.165, 1.54) is 41.4 Å². The Hall–Kier alpha value is -1.28. The molecule has 0 spiro atoms. The number of aryl methyl sites for hydroxylation is 2. The molecule has 0 radical (unpaired) electrons. The van der Waals surface area contributed by atoms with Gasteiger partial charge in [0.1, 0.15) is 11.0 Å². The summed E-state index contributed by atoms with van der Waals surface area (Å²) in [7, 11) is 9.08. The number of hydrogen-bond acceptors (Lipinski definition) is 14. The summed E-state index contributed by atoms with van der Waals surface area (Å²) < 4.78 is 18.7. The molecule has 2 aliphatic heterocycles. The van der Waals surface area contributed by atoms with Crippen LogP contribution in [-0.4, -0.2) is 31.7 Å². The molecule has 4 aromatic heterocycles. The summed E-state index contributed by atoms with van der Waals surface area (Å²) in [5.74, 6) is 0. The highest BCUT2D eigenvalue weighted by Crippen LogP contribution is 2.60. The highest BCUT2D eigenvalue weighted by atomic mass is 32.9. The van der Waals surface area contributed by atoms with Gasteiger partial charge in [0, 0.05) is 38.4 Å². The number of aromatic nitrogens is 2. The van der Waals surface area contributed by atoms with Gasteiger partial charge in [-0.25, -0.2) is 0 Å². The van der Waals surface area contributed by atoms with E-state index in [2.05, 4.69) is 47.2 Å². The van der Waals surface area contributed by atoms with Gasteiger partial charge in [0.25, 0.3) is 9.48 Å². The molecule has 2 aromatic carbocycles. The lowest BCUT2D eigenvalue weighted by molar-refractivity contribution is 0.147. The first kappa shape index (κ1) is 35.1. The Balaban J connectivity index is 0.000000152. The standard InChI is InChI=1S/2C16H13NO2S5/c2*1-3-17-10-13(23-24-14(10)18)12-11(17)15(20)22-16(19-2,21-12)9-7-5-4-6-8-9/h2*4-8H,3H2,1-2H3/t2*16-/m10/s1. The third-order valence-corrected chi connectivity index (χ3v) is 19.1. The first-order chi connectivity index (χ1) is 23.2. The number of ether oxygens (including phenoxy) is 2. The quantitative estimate of drug-likeness (QED) is 0.120. The van der Waals surface area contributed by atoms with E-state index in [4.69, 9.17) is 33.9 Å². The molecule has 6 heterocycles. The molecule has 8 rings (SSSR count). The van der Waals surface area contributed by atoms with Crippen LogP contribution in [0.3, 0.4) is 0 Å². The summed E-state index contributed by atoms with van der Waals surface area (Å²) in [6, 6.07) is 20.2. The Morgan fingerprint density at radius 2 is 0.979 bits per heavy atom. The maximum Gasteiger partial charge on any atom is 0.267 e. The minimum Gasteiger partial charge on any atom is -0.353 e. The molecule has 0 fully saturated rings. The lowest BCUT2D eigenvalue weighted by atomic mass is 10.2. The molecule has 6 aromatic rings. The number of thiocarbonyl (C=S) groups is 2. The fraction of sp³-hybridized carbons (Fsp3) is 0.250. The predicted molar refractivity (Wildman–Crippen MR) is 220 cm³/mol. The van der Waals surface area contributed by atoms with Gasteiger partial charge in [-0.2, -0.15) is 0 Å². The maximum absolute atomic E-state index is 12.3. The summed E-state index contributed by atoms with van der Waals surface area (Å²) in [6.45, 7) is 5.57. The molecule has 0 bridgehead atoms. The van der Waals surface area contributed by atoms with Crippen molar-refractivity contribution in [2.24, 2.45) is 0 Å². The largest absolute Gasteiger partial charge is 0.353 e. The number of nitrogens with zero attached hydrogens (tertiary/aromatic N) is 2. The van der Waals surface area contributed by atoms with Crippen molar-refractivity contribution in [3.63, 3.8) is 0 Å². The SMILES string of the molecule is CCn1c2c(c3ssc(=O)c31)S[C@@](OC)(c1ccccc1)SC2=S.CCn1c2c(c3ssc(=O)c31)S[C@](OC)(c1ccccc1)SC2=S. The second kappa shape index (κ2) is 14.0. The molecule has 0 amide bonds. The third-order valence-electron chi connectivity index (χ3n) is 7.88. The average molecular weight is 823 g/mol. The summed E-state index contributed by atoms with van der Waals surface area (Å²) in [6.07, 6.45) is 0. The van der Waals surface area contributed by atoms with E-state index in [-0.39, 0.29) is 9.48 Å². The van der Waals surface area contributed by atoms with Gasteiger partial charge in [0.05, 0.1) is 39.0 Å². The van der Waals surface area contributed by atoms with Gasteiger partial charge in [-0.3, -0.25) is 9.59 Å². The van der Waals surface area contributed by atoms with Gasteiger partial charge >= 0.3 is 0 Å². The van der Waals surface area contributed by atoms with Crippen molar-refractivity contribution in [1.29, 1.82) is 0 Å². The van der Waals surface area contributed by atoms with Crippen LogP contribution in [0.4, 0.5) is 0 Å². The van der Waals surface area contributed by atoms with Crippen LogP contribution in [-0.2, 0) is 31.1 Å². The van der Waals surface area contributed by atoms with E-state index in [0.29, 0.717) is 0 Å². The van der Waals surface area contributed by atoms with Crippen molar-refractivity contribution in [2.45, 2.75) is 45.3 Å². The number of fused-ring (bicyclic) bond motifs is 6. The van der Waals surface area contributed by atoms with Gasteiger partial charge < -0.3 is 18.6 Å². The Kier molecular flexibility index (Phi) is 10.3. The van der Waals surface area contributed by atoms with Gasteiger partial charge in [-0.15, -0.1) is 0 Å². The summed E-state index contributed by atoms with van der Waals surface area (Å²) in [5.41, 5.74) is 5.70. The normalized spacial score (nSPS) is 20.5. The zero-order valence-corrected chi connectivity index (χ0v) is 34.0. The first-order valence-corrected chi connectivity index (χ1v) is 23.0. The van der Waals surface area contributed by atoms with Crippen LogP contribution in [0, 0.1) is 0 Å². The molecule has 0 saturated heterocycles. The highest BCUT2D eigenvalue weighted by molar-refractivity contribution is 8.32. The van der Waals surface area contributed by atoms with Crippen molar-refractivity contribution in [1.82, 2.24) is 9.13 Å². The Labute approximate surface area is 319 Å². The van der Waals surface area contributed by atoms with E-state index < -0.39 is 8.53 Å². The first-order valence-electron chi connectivity index (χ1n) is 14.6. The summed E-state index contributed by atoms with van der Waals surface area (Å²) in [5, 5.41) is 0.